The molecule has 2 aromatic carbocycles. The van der Waals surface area contributed by atoms with Crippen molar-refractivity contribution in [2.45, 2.75) is 20.0 Å². The van der Waals surface area contributed by atoms with Gasteiger partial charge in [0.25, 0.3) is 5.69 Å². The SMILES string of the molecule is CC(C)Oc1c(-c2ccccc2)n(C)[n+](C)c1-c1ccccc1.COS(=O)(=O)[O-]. The first-order valence-corrected chi connectivity index (χ1v) is 10.4. The second kappa shape index (κ2) is 9.69. The summed E-state index contributed by atoms with van der Waals surface area (Å²) < 4.78 is 41.6. The number of aromatic nitrogens is 2. The summed E-state index contributed by atoms with van der Waals surface area (Å²) in [5, 5.41) is 0. The Hall–Kier alpha value is -2.68. The number of benzene rings is 2. The van der Waals surface area contributed by atoms with Crippen molar-refractivity contribution < 1.29 is 26.6 Å². The van der Waals surface area contributed by atoms with E-state index in [0.717, 1.165) is 35.4 Å². The molecule has 1 heterocycles. The van der Waals surface area contributed by atoms with Crippen molar-refractivity contribution in [3.63, 3.8) is 0 Å². The molecule has 3 aromatic rings. The van der Waals surface area contributed by atoms with Gasteiger partial charge >= 0.3 is 0 Å². The maximum Gasteiger partial charge on any atom is 0.280 e. The molecule has 0 N–H and O–H groups in total. The largest absolute Gasteiger partial charge is 0.726 e. The lowest BCUT2D eigenvalue weighted by atomic mass is 10.1. The molecule has 29 heavy (non-hydrogen) atoms. The second-order valence-electron chi connectivity index (χ2n) is 6.55. The molecule has 1 aromatic heterocycles. The average Bonchev–Trinajstić information content (AvgIpc) is 2.92. The third-order valence-electron chi connectivity index (χ3n) is 4.18. The van der Waals surface area contributed by atoms with Crippen molar-refractivity contribution in [3.05, 3.63) is 60.7 Å². The number of ether oxygens (including phenoxy) is 1. The van der Waals surface area contributed by atoms with E-state index in [4.69, 9.17) is 4.74 Å². The Kier molecular flexibility index (Phi) is 7.55. The van der Waals surface area contributed by atoms with Gasteiger partial charge in [0.1, 0.15) is 0 Å². The fourth-order valence-corrected chi connectivity index (χ4v) is 2.88. The molecule has 0 aliphatic rings. The van der Waals surface area contributed by atoms with Gasteiger partial charge in [-0.05, 0) is 26.0 Å². The lowest BCUT2D eigenvalue weighted by Crippen LogP contribution is -2.39. The maximum absolute atomic E-state index is 9.22. The van der Waals surface area contributed by atoms with Crippen LogP contribution in [0.3, 0.4) is 0 Å². The van der Waals surface area contributed by atoms with Crippen LogP contribution < -0.4 is 9.42 Å². The van der Waals surface area contributed by atoms with Crippen LogP contribution in [0, 0.1) is 0 Å². The normalized spacial score (nSPS) is 11.1. The zero-order valence-electron chi connectivity index (χ0n) is 17.2. The van der Waals surface area contributed by atoms with Crippen molar-refractivity contribution in [1.82, 2.24) is 4.68 Å². The van der Waals surface area contributed by atoms with Crippen LogP contribution in [0.1, 0.15) is 13.8 Å². The van der Waals surface area contributed by atoms with Gasteiger partial charge in [-0.1, -0.05) is 48.5 Å². The van der Waals surface area contributed by atoms with Gasteiger partial charge in [0.15, 0.2) is 12.7 Å². The number of rotatable bonds is 5. The third-order valence-corrected chi connectivity index (χ3v) is 4.59. The molecule has 0 saturated heterocycles. The molecular formula is C21H26N2O5S. The van der Waals surface area contributed by atoms with Crippen molar-refractivity contribution in [3.8, 4) is 28.3 Å². The van der Waals surface area contributed by atoms with Gasteiger partial charge in [0.05, 0.1) is 25.8 Å². The van der Waals surface area contributed by atoms with Crippen LogP contribution in [-0.4, -0.2) is 30.9 Å². The summed E-state index contributed by atoms with van der Waals surface area (Å²) in [6, 6.07) is 20.8. The lowest BCUT2D eigenvalue weighted by Gasteiger charge is -2.10. The summed E-state index contributed by atoms with van der Waals surface area (Å²) in [6.45, 7) is 4.13. The highest BCUT2D eigenvalue weighted by Gasteiger charge is 2.30. The summed E-state index contributed by atoms with van der Waals surface area (Å²) in [5.41, 5.74) is 4.51. The number of nitrogens with zero attached hydrogens (tertiary/aromatic N) is 2. The lowest BCUT2D eigenvalue weighted by molar-refractivity contribution is -0.740. The average molecular weight is 419 g/mol. The van der Waals surface area contributed by atoms with Gasteiger partial charge in [-0.2, -0.15) is 4.68 Å². The first-order valence-electron chi connectivity index (χ1n) is 9.03. The molecule has 0 spiro atoms. The van der Waals surface area contributed by atoms with Crippen LogP contribution in [0.2, 0.25) is 0 Å². The standard InChI is InChI=1S/C20H23N2O.CH4O4S/c1-15(2)23-20-18(16-11-7-5-8-12-16)21(3)22(4)19(20)17-13-9-6-10-14-17;1-5-6(2,3)4/h5-15H,1-4H3;1H3,(H,2,3,4)/q+1;/p-1. The predicted molar refractivity (Wildman–Crippen MR) is 110 cm³/mol. The fraction of sp³-hybridized carbons (Fsp3) is 0.286. The van der Waals surface area contributed by atoms with Gasteiger partial charge in [-0.3, -0.25) is 4.18 Å². The van der Waals surface area contributed by atoms with E-state index in [1.807, 2.05) is 12.1 Å². The van der Waals surface area contributed by atoms with Gasteiger partial charge in [0, 0.05) is 5.56 Å². The van der Waals surface area contributed by atoms with Crippen LogP contribution in [0.4, 0.5) is 0 Å². The number of hydrogen-bond donors (Lipinski definition) is 0. The van der Waals surface area contributed by atoms with E-state index in [9.17, 15) is 13.0 Å². The van der Waals surface area contributed by atoms with E-state index in [1.54, 1.807) is 0 Å². The van der Waals surface area contributed by atoms with E-state index in [1.165, 1.54) is 0 Å². The summed E-state index contributed by atoms with van der Waals surface area (Å²) in [6.07, 6.45) is 0.113. The van der Waals surface area contributed by atoms with Crippen LogP contribution in [0.5, 0.6) is 5.75 Å². The maximum atomic E-state index is 9.22. The van der Waals surface area contributed by atoms with E-state index in [-0.39, 0.29) is 6.10 Å². The summed E-state index contributed by atoms with van der Waals surface area (Å²) in [5.74, 6) is 0.933. The van der Waals surface area contributed by atoms with E-state index >= 15 is 0 Å². The van der Waals surface area contributed by atoms with Gasteiger partial charge in [-0.15, -0.1) is 4.68 Å². The summed E-state index contributed by atoms with van der Waals surface area (Å²) >= 11 is 0. The predicted octanol–water partition coefficient (Wildman–Crippen LogP) is 3.06. The Bertz CT molecular complexity index is 967. The molecule has 0 atom stereocenters. The van der Waals surface area contributed by atoms with Crippen molar-refractivity contribution >= 4 is 10.4 Å². The number of hydrogen-bond acceptors (Lipinski definition) is 5. The van der Waals surface area contributed by atoms with Crippen LogP contribution in [0.15, 0.2) is 60.7 Å². The molecule has 0 aliphatic carbocycles. The van der Waals surface area contributed by atoms with Gasteiger partial charge < -0.3 is 9.29 Å². The fourth-order valence-electron chi connectivity index (χ4n) is 2.88. The zero-order valence-corrected chi connectivity index (χ0v) is 18.0. The molecule has 0 aliphatic heterocycles. The molecule has 0 fully saturated rings. The Morgan fingerprint density at radius 3 is 1.83 bits per heavy atom. The first-order chi connectivity index (χ1) is 13.7. The van der Waals surface area contributed by atoms with Crippen molar-refractivity contribution in [2.24, 2.45) is 14.1 Å². The van der Waals surface area contributed by atoms with Gasteiger partial charge in [-0.25, -0.2) is 8.42 Å². The Morgan fingerprint density at radius 2 is 1.41 bits per heavy atom. The topological polar surface area (TPSA) is 84.5 Å². The molecule has 0 saturated carbocycles. The highest BCUT2D eigenvalue weighted by atomic mass is 32.3. The Balaban J connectivity index is 0.000000438. The molecule has 7 nitrogen and oxygen atoms in total. The molecule has 0 amide bonds. The van der Waals surface area contributed by atoms with E-state index in [0.29, 0.717) is 0 Å². The molecule has 8 heteroatoms. The minimum Gasteiger partial charge on any atom is -0.726 e. The quantitative estimate of drug-likeness (QED) is 0.361. The van der Waals surface area contributed by atoms with Crippen LogP contribution in [0.25, 0.3) is 22.5 Å². The van der Waals surface area contributed by atoms with Crippen LogP contribution >= 0.6 is 0 Å². The molecule has 0 bridgehead atoms. The summed E-state index contributed by atoms with van der Waals surface area (Å²) in [7, 11) is 0.539. The third kappa shape index (κ3) is 5.90. The zero-order chi connectivity index (χ0) is 21.6. The van der Waals surface area contributed by atoms with Crippen molar-refractivity contribution in [1.29, 1.82) is 0 Å². The molecule has 3 rings (SSSR count). The first kappa shape index (κ1) is 22.6. The minimum absolute atomic E-state index is 0.113. The minimum atomic E-state index is -4.41. The highest BCUT2D eigenvalue weighted by molar-refractivity contribution is 7.80. The van der Waals surface area contributed by atoms with E-state index < -0.39 is 10.4 Å². The molecule has 156 valence electrons. The van der Waals surface area contributed by atoms with E-state index in [2.05, 4.69) is 90.0 Å². The highest BCUT2D eigenvalue weighted by Crippen LogP contribution is 2.37. The second-order valence-corrected chi connectivity index (χ2v) is 7.70. The Morgan fingerprint density at radius 1 is 0.966 bits per heavy atom. The van der Waals surface area contributed by atoms with Crippen molar-refractivity contribution in [2.75, 3.05) is 7.11 Å². The molecule has 0 unspecified atom stereocenters. The monoisotopic (exact) mass is 418 g/mol. The molecular weight excluding hydrogens is 392 g/mol. The Labute approximate surface area is 172 Å². The smallest absolute Gasteiger partial charge is 0.280 e. The van der Waals surface area contributed by atoms with Gasteiger partial charge in [0.2, 0.25) is 16.1 Å². The summed E-state index contributed by atoms with van der Waals surface area (Å²) in [4.78, 5) is 0. The molecule has 0 radical (unpaired) electrons. The van der Waals surface area contributed by atoms with Crippen LogP contribution in [-0.2, 0) is 28.7 Å².